The van der Waals surface area contributed by atoms with E-state index in [1.807, 2.05) is 20.8 Å². The average molecular weight is 316 g/mol. The highest BCUT2D eigenvalue weighted by atomic mass is 32.2. The van der Waals surface area contributed by atoms with E-state index in [2.05, 4.69) is 16.9 Å². The van der Waals surface area contributed by atoms with E-state index in [4.69, 9.17) is 5.11 Å². The molecule has 0 aromatic heterocycles. The Bertz CT molecular complexity index is 368. The van der Waals surface area contributed by atoms with Crippen LogP contribution in [0.3, 0.4) is 0 Å². The van der Waals surface area contributed by atoms with E-state index in [0.717, 1.165) is 19.3 Å². The highest BCUT2D eigenvalue weighted by Crippen LogP contribution is 2.28. The summed E-state index contributed by atoms with van der Waals surface area (Å²) in [5.74, 6) is -0.882. The van der Waals surface area contributed by atoms with Gasteiger partial charge in [0.2, 0.25) is 0 Å². The second-order valence-corrected chi connectivity index (χ2v) is 8.07. The fourth-order valence-corrected chi connectivity index (χ4v) is 3.83. The second kappa shape index (κ2) is 7.92. The van der Waals surface area contributed by atoms with Crippen molar-refractivity contribution in [2.45, 2.75) is 70.2 Å². The summed E-state index contributed by atoms with van der Waals surface area (Å²) >= 11 is 1.79. The zero-order valence-corrected chi connectivity index (χ0v) is 14.3. The molecule has 0 heterocycles. The number of rotatable bonds is 6. The molecule has 0 spiro atoms. The minimum Gasteiger partial charge on any atom is -0.481 e. The maximum absolute atomic E-state index is 12.1. The maximum atomic E-state index is 12.1. The van der Waals surface area contributed by atoms with Gasteiger partial charge in [0.25, 0.3) is 0 Å². The minimum absolute atomic E-state index is 0.0252. The van der Waals surface area contributed by atoms with Gasteiger partial charge in [-0.3, -0.25) is 4.79 Å². The number of urea groups is 1. The fourth-order valence-electron chi connectivity index (χ4n) is 2.89. The zero-order chi connectivity index (χ0) is 16.0. The van der Waals surface area contributed by atoms with E-state index < -0.39 is 5.97 Å². The van der Waals surface area contributed by atoms with Gasteiger partial charge in [-0.2, -0.15) is 11.8 Å². The number of carbonyl (C=O) groups is 2. The van der Waals surface area contributed by atoms with Crippen molar-refractivity contribution >= 4 is 23.8 Å². The number of hydrogen-bond acceptors (Lipinski definition) is 3. The molecule has 122 valence electrons. The predicted molar refractivity (Wildman–Crippen MR) is 86.7 cm³/mol. The Morgan fingerprint density at radius 3 is 2.52 bits per heavy atom. The Kier molecular flexibility index (Phi) is 6.84. The molecule has 0 radical (unpaired) electrons. The Labute approximate surface area is 131 Å². The molecule has 1 rings (SSSR count). The number of carbonyl (C=O) groups excluding carboxylic acids is 1. The van der Waals surface area contributed by atoms with Gasteiger partial charge in [-0.1, -0.05) is 27.2 Å². The molecular weight excluding hydrogens is 288 g/mol. The quantitative estimate of drug-likeness (QED) is 0.704. The summed E-state index contributed by atoms with van der Waals surface area (Å²) in [6.45, 7) is 6.13. The smallest absolute Gasteiger partial charge is 0.315 e. The van der Waals surface area contributed by atoms with Crippen LogP contribution in [0.5, 0.6) is 0 Å². The van der Waals surface area contributed by atoms with Gasteiger partial charge in [-0.15, -0.1) is 0 Å². The van der Waals surface area contributed by atoms with Crippen molar-refractivity contribution in [3.63, 3.8) is 0 Å². The molecule has 3 atom stereocenters. The molecule has 1 fully saturated rings. The lowest BCUT2D eigenvalue weighted by Crippen LogP contribution is -2.49. The predicted octanol–water partition coefficient (Wildman–Crippen LogP) is 2.85. The van der Waals surface area contributed by atoms with Gasteiger partial charge in [-0.05, 0) is 30.9 Å². The van der Waals surface area contributed by atoms with Crippen LogP contribution in [0.15, 0.2) is 0 Å². The molecule has 6 heteroatoms. The summed E-state index contributed by atoms with van der Waals surface area (Å²) in [5.41, 5.74) is -0.0252. The van der Waals surface area contributed by atoms with Crippen LogP contribution < -0.4 is 10.6 Å². The molecule has 0 saturated heterocycles. The zero-order valence-electron chi connectivity index (χ0n) is 13.4. The van der Waals surface area contributed by atoms with Crippen LogP contribution in [-0.4, -0.2) is 40.7 Å². The van der Waals surface area contributed by atoms with Gasteiger partial charge in [-0.25, -0.2) is 4.79 Å². The standard InChI is InChI=1S/C15H28N2O3S/c1-15(2,3)9-10(8-13(18)19)16-14(20)17-11-6-5-7-12(11)21-4/h10-12H,5-9H2,1-4H3,(H,18,19)(H2,16,17,20). The van der Waals surface area contributed by atoms with E-state index in [1.54, 1.807) is 11.8 Å². The van der Waals surface area contributed by atoms with Crippen molar-refractivity contribution in [1.29, 1.82) is 0 Å². The summed E-state index contributed by atoms with van der Waals surface area (Å²) in [4.78, 5) is 23.1. The highest BCUT2D eigenvalue weighted by Gasteiger charge is 2.29. The van der Waals surface area contributed by atoms with Gasteiger partial charge < -0.3 is 15.7 Å². The fraction of sp³-hybridized carbons (Fsp3) is 0.867. The van der Waals surface area contributed by atoms with Crippen LogP contribution in [0.25, 0.3) is 0 Å². The van der Waals surface area contributed by atoms with Crippen LogP contribution >= 0.6 is 11.8 Å². The number of carboxylic acids is 1. The monoisotopic (exact) mass is 316 g/mol. The molecule has 0 aromatic carbocycles. The minimum atomic E-state index is -0.882. The summed E-state index contributed by atoms with van der Waals surface area (Å²) in [6, 6.07) is -0.381. The summed E-state index contributed by atoms with van der Waals surface area (Å²) in [6.07, 6.45) is 5.94. The number of amides is 2. The van der Waals surface area contributed by atoms with Gasteiger partial charge >= 0.3 is 12.0 Å². The van der Waals surface area contributed by atoms with Crippen molar-refractivity contribution in [2.75, 3.05) is 6.26 Å². The third kappa shape index (κ3) is 7.07. The second-order valence-electron chi connectivity index (χ2n) is 6.99. The van der Waals surface area contributed by atoms with Crippen LogP contribution in [0.2, 0.25) is 0 Å². The van der Waals surface area contributed by atoms with Gasteiger partial charge in [0.15, 0.2) is 0 Å². The van der Waals surface area contributed by atoms with Gasteiger partial charge in [0.05, 0.1) is 6.42 Å². The summed E-state index contributed by atoms with van der Waals surface area (Å²) < 4.78 is 0. The molecule has 3 unspecified atom stereocenters. The van der Waals surface area contributed by atoms with E-state index in [0.29, 0.717) is 11.7 Å². The largest absolute Gasteiger partial charge is 0.481 e. The van der Waals surface area contributed by atoms with E-state index in [9.17, 15) is 9.59 Å². The first-order chi connectivity index (χ1) is 9.71. The van der Waals surface area contributed by atoms with Crippen molar-refractivity contribution in [3.05, 3.63) is 0 Å². The molecule has 1 saturated carbocycles. The normalized spacial score (nSPS) is 23.6. The maximum Gasteiger partial charge on any atom is 0.315 e. The third-order valence-corrected chi connectivity index (χ3v) is 4.86. The summed E-state index contributed by atoms with van der Waals surface area (Å²) in [7, 11) is 0. The molecule has 5 nitrogen and oxygen atoms in total. The van der Waals surface area contributed by atoms with Crippen molar-refractivity contribution in [3.8, 4) is 0 Å². The third-order valence-electron chi connectivity index (χ3n) is 3.69. The summed E-state index contributed by atoms with van der Waals surface area (Å²) in [5, 5.41) is 15.3. The Morgan fingerprint density at radius 2 is 2.00 bits per heavy atom. The van der Waals surface area contributed by atoms with Crippen molar-refractivity contribution < 1.29 is 14.7 Å². The molecule has 1 aliphatic rings. The number of aliphatic carboxylic acids is 1. The lowest BCUT2D eigenvalue weighted by Gasteiger charge is -2.27. The lowest BCUT2D eigenvalue weighted by atomic mass is 9.87. The first-order valence-electron chi connectivity index (χ1n) is 7.53. The number of nitrogens with one attached hydrogen (secondary N) is 2. The lowest BCUT2D eigenvalue weighted by molar-refractivity contribution is -0.137. The molecule has 3 N–H and O–H groups in total. The highest BCUT2D eigenvalue weighted by molar-refractivity contribution is 7.99. The van der Waals surface area contributed by atoms with Gasteiger partial charge in [0.1, 0.15) is 0 Å². The Balaban J connectivity index is 2.52. The average Bonchev–Trinajstić information content (AvgIpc) is 2.72. The topological polar surface area (TPSA) is 78.4 Å². The molecular formula is C15H28N2O3S. The van der Waals surface area contributed by atoms with Crippen LogP contribution in [0, 0.1) is 5.41 Å². The molecule has 1 aliphatic carbocycles. The van der Waals surface area contributed by atoms with Gasteiger partial charge in [0, 0.05) is 17.3 Å². The van der Waals surface area contributed by atoms with E-state index in [1.165, 1.54) is 0 Å². The molecule has 0 aromatic rings. The van der Waals surface area contributed by atoms with Crippen LogP contribution in [0.1, 0.15) is 52.9 Å². The molecule has 0 aliphatic heterocycles. The molecule has 0 bridgehead atoms. The first kappa shape index (κ1) is 18.1. The number of carboxylic acid groups (broad SMARTS) is 1. The van der Waals surface area contributed by atoms with Crippen LogP contribution in [-0.2, 0) is 4.79 Å². The molecule has 2 amide bonds. The first-order valence-corrected chi connectivity index (χ1v) is 8.81. The van der Waals surface area contributed by atoms with E-state index in [-0.39, 0.29) is 30.0 Å². The van der Waals surface area contributed by atoms with Crippen molar-refractivity contribution in [2.24, 2.45) is 5.41 Å². The van der Waals surface area contributed by atoms with E-state index >= 15 is 0 Å². The number of hydrogen-bond donors (Lipinski definition) is 3. The Morgan fingerprint density at radius 1 is 1.33 bits per heavy atom. The molecule has 21 heavy (non-hydrogen) atoms. The Hall–Kier alpha value is -0.910. The SMILES string of the molecule is CSC1CCCC1NC(=O)NC(CC(=O)O)CC(C)(C)C. The van der Waals surface area contributed by atoms with Crippen LogP contribution in [0.4, 0.5) is 4.79 Å². The number of thioether (sulfide) groups is 1. The van der Waals surface area contributed by atoms with Crippen molar-refractivity contribution in [1.82, 2.24) is 10.6 Å².